The van der Waals surface area contributed by atoms with Crippen molar-refractivity contribution in [3.05, 3.63) is 35.6 Å². The summed E-state index contributed by atoms with van der Waals surface area (Å²) < 4.78 is 12.7. The number of carboxylic acids is 1. The number of aliphatic carboxylic acids is 1. The summed E-state index contributed by atoms with van der Waals surface area (Å²) in [4.78, 5) is 10.8. The first-order chi connectivity index (χ1) is 8.33. The van der Waals surface area contributed by atoms with E-state index in [1.807, 2.05) is 0 Å². The van der Waals surface area contributed by atoms with Gasteiger partial charge in [-0.05, 0) is 36.5 Å². The molecule has 0 saturated heterocycles. The number of benzene rings is 1. The van der Waals surface area contributed by atoms with Crippen LogP contribution in [0.25, 0.3) is 0 Å². The minimum absolute atomic E-state index is 0.144. The maximum absolute atomic E-state index is 12.7. The molecule has 100 valence electrons. The minimum Gasteiger partial charge on any atom is -0.481 e. The topological polar surface area (TPSA) is 57.5 Å². The lowest BCUT2D eigenvalue weighted by Gasteiger charge is -2.30. The molecule has 0 saturated carbocycles. The third-order valence-electron chi connectivity index (χ3n) is 3.29. The zero-order valence-corrected chi connectivity index (χ0v) is 10.7. The van der Waals surface area contributed by atoms with Gasteiger partial charge in [0.15, 0.2) is 0 Å². The van der Waals surface area contributed by atoms with E-state index in [-0.39, 0.29) is 18.2 Å². The standard InChI is InChI=1S/C14H19FO3/c1-10(2)14(18,9-13(16)17)8-7-11-3-5-12(15)6-4-11/h3-6,10,18H,7-9H2,1-2H3,(H,16,17)/t14-/m0/s1. The molecule has 0 heterocycles. The summed E-state index contributed by atoms with van der Waals surface area (Å²) in [5, 5.41) is 19.1. The van der Waals surface area contributed by atoms with Crippen molar-refractivity contribution in [2.24, 2.45) is 5.92 Å². The first kappa shape index (κ1) is 14.6. The van der Waals surface area contributed by atoms with Crippen LogP contribution in [0.15, 0.2) is 24.3 Å². The second kappa shape index (κ2) is 5.96. The van der Waals surface area contributed by atoms with Crippen LogP contribution in [0.3, 0.4) is 0 Å². The van der Waals surface area contributed by atoms with Crippen LogP contribution in [-0.4, -0.2) is 21.8 Å². The summed E-state index contributed by atoms with van der Waals surface area (Å²) >= 11 is 0. The number of halogens is 1. The van der Waals surface area contributed by atoms with E-state index in [9.17, 15) is 14.3 Å². The fourth-order valence-corrected chi connectivity index (χ4v) is 1.85. The molecule has 0 aliphatic rings. The summed E-state index contributed by atoms with van der Waals surface area (Å²) in [6, 6.07) is 6.02. The molecule has 1 aromatic carbocycles. The quantitative estimate of drug-likeness (QED) is 0.820. The largest absolute Gasteiger partial charge is 0.481 e. The van der Waals surface area contributed by atoms with Crippen molar-refractivity contribution in [1.82, 2.24) is 0 Å². The smallest absolute Gasteiger partial charge is 0.306 e. The molecule has 1 aromatic rings. The average Bonchev–Trinajstić information content (AvgIpc) is 2.27. The summed E-state index contributed by atoms with van der Waals surface area (Å²) in [6.07, 6.45) is 0.608. The zero-order chi connectivity index (χ0) is 13.8. The molecule has 18 heavy (non-hydrogen) atoms. The van der Waals surface area contributed by atoms with Gasteiger partial charge in [0.2, 0.25) is 0 Å². The molecule has 3 nitrogen and oxygen atoms in total. The van der Waals surface area contributed by atoms with Gasteiger partial charge < -0.3 is 10.2 Å². The van der Waals surface area contributed by atoms with Crippen LogP contribution in [-0.2, 0) is 11.2 Å². The van der Waals surface area contributed by atoms with Crippen LogP contribution in [0.1, 0.15) is 32.3 Å². The van der Waals surface area contributed by atoms with Gasteiger partial charge in [-0.15, -0.1) is 0 Å². The second-order valence-corrected chi connectivity index (χ2v) is 4.96. The van der Waals surface area contributed by atoms with Crippen LogP contribution < -0.4 is 0 Å². The van der Waals surface area contributed by atoms with Crippen LogP contribution in [0.2, 0.25) is 0 Å². The summed E-state index contributed by atoms with van der Waals surface area (Å²) in [5.74, 6) is -1.46. The molecule has 2 N–H and O–H groups in total. The number of hydrogen-bond donors (Lipinski definition) is 2. The third-order valence-corrected chi connectivity index (χ3v) is 3.29. The lowest BCUT2D eigenvalue weighted by molar-refractivity contribution is -0.145. The molecule has 0 unspecified atom stereocenters. The molecular formula is C14H19FO3. The predicted molar refractivity (Wildman–Crippen MR) is 66.8 cm³/mol. The van der Waals surface area contributed by atoms with Crippen molar-refractivity contribution >= 4 is 5.97 Å². The number of rotatable bonds is 6. The van der Waals surface area contributed by atoms with E-state index in [2.05, 4.69) is 0 Å². The molecule has 1 rings (SSSR count). The first-order valence-electron chi connectivity index (χ1n) is 6.02. The maximum atomic E-state index is 12.7. The Balaban J connectivity index is 2.67. The van der Waals surface area contributed by atoms with Crippen LogP contribution >= 0.6 is 0 Å². The van der Waals surface area contributed by atoms with Crippen LogP contribution in [0.5, 0.6) is 0 Å². The molecule has 0 radical (unpaired) electrons. The summed E-state index contributed by atoms with van der Waals surface area (Å²) in [6.45, 7) is 3.60. The Morgan fingerprint density at radius 2 is 1.89 bits per heavy atom. The fourth-order valence-electron chi connectivity index (χ4n) is 1.85. The molecular weight excluding hydrogens is 235 g/mol. The monoisotopic (exact) mass is 254 g/mol. The third kappa shape index (κ3) is 4.11. The van der Waals surface area contributed by atoms with Crippen LogP contribution in [0.4, 0.5) is 4.39 Å². The number of carbonyl (C=O) groups is 1. The maximum Gasteiger partial charge on any atom is 0.306 e. The van der Waals surface area contributed by atoms with Crippen LogP contribution in [0, 0.1) is 11.7 Å². The van der Waals surface area contributed by atoms with Gasteiger partial charge in [0.1, 0.15) is 5.82 Å². The Kier molecular flexibility index (Phi) is 4.84. The number of carboxylic acid groups (broad SMARTS) is 1. The predicted octanol–water partition coefficient (Wildman–Crippen LogP) is 2.62. The highest BCUT2D eigenvalue weighted by molar-refractivity contribution is 5.68. The Morgan fingerprint density at radius 3 is 2.33 bits per heavy atom. The summed E-state index contributed by atoms with van der Waals surface area (Å²) in [7, 11) is 0. The van der Waals surface area contributed by atoms with Gasteiger partial charge in [-0.2, -0.15) is 0 Å². The fraction of sp³-hybridized carbons (Fsp3) is 0.500. The lowest BCUT2D eigenvalue weighted by atomic mass is 9.82. The van der Waals surface area contributed by atoms with Gasteiger partial charge >= 0.3 is 5.97 Å². The van der Waals surface area contributed by atoms with E-state index in [1.165, 1.54) is 12.1 Å². The normalized spacial score (nSPS) is 14.5. The molecule has 0 amide bonds. The first-order valence-corrected chi connectivity index (χ1v) is 6.02. The molecule has 0 spiro atoms. The Labute approximate surface area is 106 Å². The molecule has 0 aliphatic carbocycles. The molecule has 0 aliphatic heterocycles. The van der Waals surface area contributed by atoms with Crippen molar-refractivity contribution < 1.29 is 19.4 Å². The van der Waals surface area contributed by atoms with E-state index in [1.54, 1.807) is 26.0 Å². The van der Waals surface area contributed by atoms with Gasteiger partial charge in [0, 0.05) is 0 Å². The van der Waals surface area contributed by atoms with E-state index in [0.717, 1.165) is 5.56 Å². The number of aliphatic hydroxyl groups is 1. The highest BCUT2D eigenvalue weighted by atomic mass is 19.1. The van der Waals surface area contributed by atoms with Crippen molar-refractivity contribution in [2.45, 2.75) is 38.7 Å². The number of hydrogen-bond acceptors (Lipinski definition) is 2. The highest BCUT2D eigenvalue weighted by Gasteiger charge is 2.33. The van der Waals surface area contributed by atoms with Crippen molar-refractivity contribution in [2.75, 3.05) is 0 Å². The zero-order valence-electron chi connectivity index (χ0n) is 10.7. The Hall–Kier alpha value is -1.42. The summed E-state index contributed by atoms with van der Waals surface area (Å²) in [5.41, 5.74) is -0.332. The average molecular weight is 254 g/mol. The molecule has 4 heteroatoms. The van der Waals surface area contributed by atoms with Gasteiger partial charge in [-0.1, -0.05) is 26.0 Å². The second-order valence-electron chi connectivity index (χ2n) is 4.96. The van der Waals surface area contributed by atoms with E-state index in [4.69, 9.17) is 5.11 Å². The number of aryl methyl sites for hydroxylation is 1. The molecule has 0 fully saturated rings. The molecule has 1 atom stereocenters. The minimum atomic E-state index is -1.22. The van der Waals surface area contributed by atoms with Crippen molar-refractivity contribution in [3.8, 4) is 0 Å². The van der Waals surface area contributed by atoms with E-state index in [0.29, 0.717) is 12.8 Å². The lowest BCUT2D eigenvalue weighted by Crippen LogP contribution is -2.38. The Bertz CT molecular complexity index is 400. The van der Waals surface area contributed by atoms with Gasteiger partial charge in [0.05, 0.1) is 12.0 Å². The molecule has 0 bridgehead atoms. The van der Waals surface area contributed by atoms with E-state index < -0.39 is 11.6 Å². The van der Waals surface area contributed by atoms with Gasteiger partial charge in [-0.25, -0.2) is 4.39 Å². The van der Waals surface area contributed by atoms with Crippen molar-refractivity contribution in [3.63, 3.8) is 0 Å². The highest BCUT2D eigenvalue weighted by Crippen LogP contribution is 2.27. The van der Waals surface area contributed by atoms with E-state index >= 15 is 0 Å². The molecule has 0 aromatic heterocycles. The van der Waals surface area contributed by atoms with Gasteiger partial charge in [-0.3, -0.25) is 4.79 Å². The van der Waals surface area contributed by atoms with Crippen molar-refractivity contribution in [1.29, 1.82) is 0 Å². The van der Waals surface area contributed by atoms with Gasteiger partial charge in [0.25, 0.3) is 0 Å². The Morgan fingerprint density at radius 1 is 1.33 bits per heavy atom. The SMILES string of the molecule is CC(C)[C@](O)(CCc1ccc(F)cc1)CC(=O)O.